The van der Waals surface area contributed by atoms with Crippen LogP contribution in [0.15, 0.2) is 36.5 Å². The van der Waals surface area contributed by atoms with Gasteiger partial charge in [0.05, 0.1) is 11.9 Å². The lowest BCUT2D eigenvalue weighted by molar-refractivity contribution is 0.799. The summed E-state index contributed by atoms with van der Waals surface area (Å²) in [6.45, 7) is 8.37. The summed E-state index contributed by atoms with van der Waals surface area (Å²) in [5, 5.41) is 8.64. The third-order valence-electron chi connectivity index (χ3n) is 3.91. The minimum atomic E-state index is 0.723. The summed E-state index contributed by atoms with van der Waals surface area (Å²) in [5.41, 5.74) is 14.4. The van der Waals surface area contributed by atoms with Crippen molar-refractivity contribution in [3.63, 3.8) is 0 Å². The monoisotopic (exact) mass is 292 g/mol. The molecule has 2 aromatic carbocycles. The van der Waals surface area contributed by atoms with Crippen LogP contribution in [0.3, 0.4) is 0 Å². The average molecular weight is 292 g/mol. The molecule has 0 aliphatic heterocycles. The Balaban J connectivity index is 2.10. The molecule has 1 heterocycles. The number of anilines is 1. The Hall–Kier alpha value is -2.62. The molecule has 3 rings (SSSR count). The van der Waals surface area contributed by atoms with Crippen LogP contribution in [0.2, 0.25) is 0 Å². The number of nitrogens with zero attached hydrogens (tertiary/aromatic N) is 3. The molecule has 22 heavy (non-hydrogen) atoms. The predicted octanol–water partition coefficient (Wildman–Crippen LogP) is 3.75. The fraction of sp³-hybridized carbons (Fsp3) is 0.222. The fourth-order valence-electron chi connectivity index (χ4n) is 2.95. The van der Waals surface area contributed by atoms with Gasteiger partial charge in [0, 0.05) is 11.3 Å². The maximum Gasteiger partial charge on any atom is 0.114 e. The van der Waals surface area contributed by atoms with E-state index in [0.717, 1.165) is 28.2 Å². The molecule has 0 saturated heterocycles. The van der Waals surface area contributed by atoms with Crippen molar-refractivity contribution in [2.45, 2.75) is 27.7 Å². The topological polar surface area (TPSA) is 56.7 Å². The highest BCUT2D eigenvalue weighted by Crippen LogP contribution is 2.27. The zero-order valence-electron chi connectivity index (χ0n) is 13.4. The van der Waals surface area contributed by atoms with Crippen LogP contribution in [0.1, 0.15) is 22.3 Å². The van der Waals surface area contributed by atoms with Crippen LogP contribution >= 0.6 is 0 Å². The number of aryl methyl sites for hydroxylation is 4. The largest absolute Gasteiger partial charge is 0.399 e. The molecule has 112 valence electrons. The Labute approximate surface area is 130 Å². The Morgan fingerprint density at radius 1 is 0.909 bits per heavy atom. The Morgan fingerprint density at radius 3 is 2.27 bits per heavy atom. The summed E-state index contributed by atoms with van der Waals surface area (Å²) in [7, 11) is 0. The first-order valence-electron chi connectivity index (χ1n) is 7.33. The van der Waals surface area contributed by atoms with Gasteiger partial charge < -0.3 is 5.73 Å². The van der Waals surface area contributed by atoms with E-state index < -0.39 is 0 Å². The van der Waals surface area contributed by atoms with Gasteiger partial charge in [-0.2, -0.15) is 0 Å². The first kappa shape index (κ1) is 14.3. The van der Waals surface area contributed by atoms with Gasteiger partial charge in [0.2, 0.25) is 0 Å². The van der Waals surface area contributed by atoms with E-state index in [4.69, 9.17) is 5.73 Å². The van der Waals surface area contributed by atoms with Crippen molar-refractivity contribution in [1.82, 2.24) is 15.0 Å². The lowest BCUT2D eigenvalue weighted by atomic mass is 9.98. The third kappa shape index (κ3) is 2.48. The molecule has 2 N–H and O–H groups in total. The van der Waals surface area contributed by atoms with Gasteiger partial charge in [-0.1, -0.05) is 29.0 Å². The van der Waals surface area contributed by atoms with E-state index in [1.807, 2.05) is 31.3 Å². The molecule has 4 heteroatoms. The van der Waals surface area contributed by atoms with E-state index in [1.54, 1.807) is 4.68 Å². The average Bonchev–Trinajstić information content (AvgIpc) is 2.89. The molecule has 0 spiro atoms. The van der Waals surface area contributed by atoms with Crippen molar-refractivity contribution < 1.29 is 0 Å². The molecule has 0 atom stereocenters. The SMILES string of the molecule is Cc1cc(C)c(-c2cn(-c3cc(N)ccc3C)nn2)c(C)c1. The summed E-state index contributed by atoms with van der Waals surface area (Å²) in [6, 6.07) is 10.2. The highest BCUT2D eigenvalue weighted by atomic mass is 15.4. The number of hydrogen-bond donors (Lipinski definition) is 1. The lowest BCUT2D eigenvalue weighted by Crippen LogP contribution is -1.99. The van der Waals surface area contributed by atoms with Crippen molar-refractivity contribution >= 4 is 5.69 Å². The molecule has 4 nitrogen and oxygen atoms in total. The van der Waals surface area contributed by atoms with Crippen molar-refractivity contribution in [1.29, 1.82) is 0 Å². The number of hydrogen-bond acceptors (Lipinski definition) is 3. The van der Waals surface area contributed by atoms with Gasteiger partial charge >= 0.3 is 0 Å². The van der Waals surface area contributed by atoms with Crippen LogP contribution in [-0.4, -0.2) is 15.0 Å². The quantitative estimate of drug-likeness (QED) is 0.732. The second-order valence-electron chi connectivity index (χ2n) is 5.87. The zero-order chi connectivity index (χ0) is 15.9. The predicted molar refractivity (Wildman–Crippen MR) is 90.2 cm³/mol. The maximum atomic E-state index is 5.89. The number of aromatic nitrogens is 3. The van der Waals surface area contributed by atoms with E-state index in [2.05, 4.69) is 43.2 Å². The van der Waals surface area contributed by atoms with Crippen LogP contribution in [0.25, 0.3) is 16.9 Å². The number of rotatable bonds is 2. The first-order chi connectivity index (χ1) is 10.5. The van der Waals surface area contributed by atoms with Crippen LogP contribution in [0, 0.1) is 27.7 Å². The van der Waals surface area contributed by atoms with Crippen molar-refractivity contribution in [2.24, 2.45) is 0 Å². The molecule has 0 aliphatic rings. The van der Waals surface area contributed by atoms with E-state index in [0.29, 0.717) is 0 Å². The van der Waals surface area contributed by atoms with E-state index >= 15 is 0 Å². The van der Waals surface area contributed by atoms with Gasteiger partial charge in [0.25, 0.3) is 0 Å². The van der Waals surface area contributed by atoms with Gasteiger partial charge in [-0.15, -0.1) is 5.10 Å². The second kappa shape index (κ2) is 5.30. The summed E-state index contributed by atoms with van der Waals surface area (Å²) in [4.78, 5) is 0. The second-order valence-corrected chi connectivity index (χ2v) is 5.87. The van der Waals surface area contributed by atoms with Crippen LogP contribution in [-0.2, 0) is 0 Å². The Morgan fingerprint density at radius 2 is 1.59 bits per heavy atom. The standard InChI is InChI=1S/C18H20N4/c1-11-7-13(3)18(14(4)8-11)16-10-22(21-20-16)17-9-15(19)6-5-12(17)2/h5-10H,19H2,1-4H3. The molecule has 0 unspecified atom stereocenters. The maximum absolute atomic E-state index is 5.89. The molecular weight excluding hydrogens is 272 g/mol. The van der Waals surface area contributed by atoms with Crippen LogP contribution < -0.4 is 5.73 Å². The fourth-order valence-corrected chi connectivity index (χ4v) is 2.95. The van der Waals surface area contributed by atoms with Crippen molar-refractivity contribution in [2.75, 3.05) is 5.73 Å². The normalized spacial score (nSPS) is 10.9. The smallest absolute Gasteiger partial charge is 0.114 e. The van der Waals surface area contributed by atoms with Crippen molar-refractivity contribution in [3.05, 3.63) is 58.8 Å². The Kier molecular flexibility index (Phi) is 3.45. The molecule has 0 amide bonds. The molecule has 0 bridgehead atoms. The minimum Gasteiger partial charge on any atom is -0.399 e. The number of nitrogens with two attached hydrogens (primary N) is 1. The van der Waals surface area contributed by atoms with Crippen LogP contribution in [0.5, 0.6) is 0 Å². The summed E-state index contributed by atoms with van der Waals surface area (Å²) in [6.07, 6.45) is 1.96. The number of benzene rings is 2. The zero-order valence-corrected chi connectivity index (χ0v) is 13.4. The van der Waals surface area contributed by atoms with Gasteiger partial charge in [0.1, 0.15) is 5.69 Å². The van der Waals surface area contributed by atoms with Gasteiger partial charge in [-0.25, -0.2) is 4.68 Å². The molecule has 0 radical (unpaired) electrons. The lowest BCUT2D eigenvalue weighted by Gasteiger charge is -2.08. The van der Waals surface area contributed by atoms with Gasteiger partial charge in [-0.05, 0) is 56.5 Å². The van der Waals surface area contributed by atoms with Gasteiger partial charge in [-0.3, -0.25) is 0 Å². The van der Waals surface area contributed by atoms with Crippen LogP contribution in [0.4, 0.5) is 5.69 Å². The van der Waals surface area contributed by atoms with Crippen molar-refractivity contribution in [3.8, 4) is 16.9 Å². The highest BCUT2D eigenvalue weighted by molar-refractivity contribution is 5.67. The Bertz CT molecular complexity index is 823. The van der Waals surface area contributed by atoms with Gasteiger partial charge in [0.15, 0.2) is 0 Å². The molecule has 0 fully saturated rings. The summed E-state index contributed by atoms with van der Waals surface area (Å²) < 4.78 is 1.79. The molecule has 0 saturated carbocycles. The summed E-state index contributed by atoms with van der Waals surface area (Å²) in [5.74, 6) is 0. The molecule has 3 aromatic rings. The summed E-state index contributed by atoms with van der Waals surface area (Å²) >= 11 is 0. The molecule has 0 aliphatic carbocycles. The van der Waals surface area contributed by atoms with E-state index in [1.165, 1.54) is 16.7 Å². The third-order valence-corrected chi connectivity index (χ3v) is 3.91. The first-order valence-corrected chi connectivity index (χ1v) is 7.33. The minimum absolute atomic E-state index is 0.723. The van der Waals surface area contributed by atoms with E-state index in [9.17, 15) is 0 Å². The molecule has 1 aromatic heterocycles. The number of nitrogen functional groups attached to an aromatic ring is 1. The molecular formula is C18H20N4. The highest BCUT2D eigenvalue weighted by Gasteiger charge is 2.12. The van der Waals surface area contributed by atoms with E-state index in [-0.39, 0.29) is 0 Å².